The van der Waals surface area contributed by atoms with Crippen molar-refractivity contribution in [3.8, 4) is 0 Å². The predicted molar refractivity (Wildman–Crippen MR) is 60.0 cm³/mol. The lowest BCUT2D eigenvalue weighted by molar-refractivity contribution is 0.493. The van der Waals surface area contributed by atoms with E-state index in [2.05, 4.69) is 25.1 Å². The van der Waals surface area contributed by atoms with E-state index in [4.69, 9.17) is 5.73 Å². The van der Waals surface area contributed by atoms with E-state index in [0.29, 0.717) is 13.1 Å². The van der Waals surface area contributed by atoms with Crippen molar-refractivity contribution in [1.29, 1.82) is 0 Å². The van der Waals surface area contributed by atoms with Crippen molar-refractivity contribution in [1.82, 2.24) is 29.8 Å². The third kappa shape index (κ3) is 1.93. The summed E-state index contributed by atoms with van der Waals surface area (Å²) >= 11 is 0. The number of hydrogen-bond acceptors (Lipinski definition) is 5. The van der Waals surface area contributed by atoms with Gasteiger partial charge in [-0.1, -0.05) is 5.21 Å². The Morgan fingerprint density at radius 3 is 3.00 bits per heavy atom. The first-order valence-electron chi connectivity index (χ1n) is 5.87. The molecule has 0 atom stereocenters. The van der Waals surface area contributed by atoms with E-state index in [1.807, 2.05) is 6.20 Å². The van der Waals surface area contributed by atoms with Crippen LogP contribution in [0.4, 0.5) is 0 Å². The average molecular weight is 233 g/mol. The van der Waals surface area contributed by atoms with Gasteiger partial charge in [0, 0.05) is 19.5 Å². The van der Waals surface area contributed by atoms with Crippen LogP contribution in [-0.2, 0) is 26.1 Å². The van der Waals surface area contributed by atoms with Gasteiger partial charge in [-0.2, -0.15) is 0 Å². The smallest absolute Gasteiger partial charge is 0.154 e. The SMILES string of the molecule is NCc1cn(Cc2nnc3n2CCCC3)nn1. The molecule has 3 heterocycles. The predicted octanol–water partition coefficient (Wildman–Crippen LogP) is -0.287. The maximum absolute atomic E-state index is 5.50. The second-order valence-corrected chi connectivity index (χ2v) is 4.25. The summed E-state index contributed by atoms with van der Waals surface area (Å²) in [7, 11) is 0. The minimum absolute atomic E-state index is 0.415. The van der Waals surface area contributed by atoms with Gasteiger partial charge in [0.2, 0.25) is 0 Å². The lowest BCUT2D eigenvalue weighted by atomic mass is 10.2. The van der Waals surface area contributed by atoms with E-state index in [-0.39, 0.29) is 0 Å². The van der Waals surface area contributed by atoms with Gasteiger partial charge in [0.1, 0.15) is 12.4 Å². The summed E-state index contributed by atoms with van der Waals surface area (Å²) < 4.78 is 3.95. The molecule has 90 valence electrons. The first kappa shape index (κ1) is 10.4. The Morgan fingerprint density at radius 2 is 2.18 bits per heavy atom. The topological polar surface area (TPSA) is 87.4 Å². The second-order valence-electron chi connectivity index (χ2n) is 4.25. The Bertz CT molecular complexity index is 512. The average Bonchev–Trinajstić information content (AvgIpc) is 2.97. The molecule has 0 radical (unpaired) electrons. The summed E-state index contributed by atoms with van der Waals surface area (Å²) in [6, 6.07) is 0. The highest BCUT2D eigenvalue weighted by molar-refractivity contribution is 5.00. The first-order valence-corrected chi connectivity index (χ1v) is 5.87. The Kier molecular flexibility index (Phi) is 2.60. The van der Waals surface area contributed by atoms with Crippen LogP contribution >= 0.6 is 0 Å². The molecule has 2 aromatic rings. The summed E-state index contributed by atoms with van der Waals surface area (Å²) in [5.74, 6) is 2.04. The molecular formula is C10H15N7. The molecule has 7 heteroatoms. The molecule has 0 spiro atoms. The summed E-state index contributed by atoms with van der Waals surface area (Å²) in [6.07, 6.45) is 5.28. The first-order chi connectivity index (χ1) is 8.36. The van der Waals surface area contributed by atoms with Crippen molar-refractivity contribution in [2.75, 3.05) is 0 Å². The van der Waals surface area contributed by atoms with E-state index >= 15 is 0 Å². The molecule has 7 nitrogen and oxygen atoms in total. The number of hydrogen-bond donors (Lipinski definition) is 1. The van der Waals surface area contributed by atoms with Crippen LogP contribution in [0.3, 0.4) is 0 Å². The number of nitrogens with two attached hydrogens (primary N) is 1. The molecule has 3 rings (SSSR count). The molecule has 0 bridgehead atoms. The highest BCUT2D eigenvalue weighted by Gasteiger charge is 2.16. The van der Waals surface area contributed by atoms with Crippen LogP contribution in [0.2, 0.25) is 0 Å². The minimum atomic E-state index is 0.415. The molecule has 0 unspecified atom stereocenters. The van der Waals surface area contributed by atoms with Gasteiger partial charge in [0.05, 0.1) is 11.9 Å². The highest BCUT2D eigenvalue weighted by atomic mass is 15.4. The van der Waals surface area contributed by atoms with Gasteiger partial charge in [0.25, 0.3) is 0 Å². The number of aryl methyl sites for hydroxylation is 1. The molecule has 1 aliphatic rings. The minimum Gasteiger partial charge on any atom is -0.325 e. The van der Waals surface area contributed by atoms with Gasteiger partial charge in [-0.05, 0) is 12.8 Å². The summed E-state index contributed by atoms with van der Waals surface area (Å²) in [5, 5.41) is 16.4. The summed E-state index contributed by atoms with van der Waals surface area (Å²) in [5.41, 5.74) is 6.29. The van der Waals surface area contributed by atoms with Gasteiger partial charge < -0.3 is 10.3 Å². The maximum Gasteiger partial charge on any atom is 0.154 e. The monoisotopic (exact) mass is 233 g/mol. The number of aromatic nitrogens is 6. The van der Waals surface area contributed by atoms with Crippen LogP contribution < -0.4 is 5.73 Å². The highest BCUT2D eigenvalue weighted by Crippen LogP contribution is 2.14. The third-order valence-electron chi connectivity index (χ3n) is 3.03. The zero-order valence-electron chi connectivity index (χ0n) is 9.58. The molecular weight excluding hydrogens is 218 g/mol. The molecule has 17 heavy (non-hydrogen) atoms. The zero-order chi connectivity index (χ0) is 11.7. The molecule has 0 fully saturated rings. The van der Waals surface area contributed by atoms with Gasteiger partial charge in [0.15, 0.2) is 5.82 Å². The van der Waals surface area contributed by atoms with E-state index in [0.717, 1.165) is 30.3 Å². The van der Waals surface area contributed by atoms with Crippen molar-refractivity contribution < 1.29 is 0 Å². The van der Waals surface area contributed by atoms with E-state index in [9.17, 15) is 0 Å². The Hall–Kier alpha value is -1.76. The van der Waals surface area contributed by atoms with Crippen LogP contribution in [0.15, 0.2) is 6.20 Å². The van der Waals surface area contributed by atoms with Crippen molar-refractivity contribution in [3.63, 3.8) is 0 Å². The third-order valence-corrected chi connectivity index (χ3v) is 3.03. The van der Waals surface area contributed by atoms with Crippen LogP contribution in [0.5, 0.6) is 0 Å². The Labute approximate surface area is 98.6 Å². The van der Waals surface area contributed by atoms with Crippen molar-refractivity contribution in [2.24, 2.45) is 5.73 Å². The molecule has 2 N–H and O–H groups in total. The van der Waals surface area contributed by atoms with Crippen molar-refractivity contribution >= 4 is 0 Å². The lowest BCUT2D eigenvalue weighted by Crippen LogP contribution is -2.15. The fraction of sp³-hybridized carbons (Fsp3) is 0.600. The Morgan fingerprint density at radius 1 is 1.24 bits per heavy atom. The van der Waals surface area contributed by atoms with Crippen LogP contribution in [0, 0.1) is 0 Å². The summed E-state index contributed by atoms with van der Waals surface area (Å²) in [4.78, 5) is 0. The molecule has 2 aromatic heterocycles. The zero-order valence-corrected chi connectivity index (χ0v) is 9.58. The molecule has 1 aliphatic heterocycles. The second kappa shape index (κ2) is 4.25. The maximum atomic E-state index is 5.50. The molecule has 0 saturated carbocycles. The largest absolute Gasteiger partial charge is 0.325 e. The number of fused-ring (bicyclic) bond motifs is 1. The van der Waals surface area contributed by atoms with Crippen molar-refractivity contribution in [2.45, 2.75) is 38.9 Å². The van der Waals surface area contributed by atoms with E-state index in [1.165, 1.54) is 12.8 Å². The number of nitrogens with zero attached hydrogens (tertiary/aromatic N) is 6. The fourth-order valence-corrected chi connectivity index (χ4v) is 2.14. The van der Waals surface area contributed by atoms with Gasteiger partial charge in [-0.25, -0.2) is 4.68 Å². The van der Waals surface area contributed by atoms with Gasteiger partial charge >= 0.3 is 0 Å². The normalized spacial score (nSPS) is 14.9. The van der Waals surface area contributed by atoms with E-state index in [1.54, 1.807) is 4.68 Å². The fourth-order valence-electron chi connectivity index (χ4n) is 2.14. The molecule has 0 aliphatic carbocycles. The van der Waals surface area contributed by atoms with Crippen LogP contribution in [-0.4, -0.2) is 29.8 Å². The van der Waals surface area contributed by atoms with E-state index < -0.39 is 0 Å². The molecule has 0 saturated heterocycles. The van der Waals surface area contributed by atoms with Crippen LogP contribution in [0.25, 0.3) is 0 Å². The van der Waals surface area contributed by atoms with Gasteiger partial charge in [-0.15, -0.1) is 15.3 Å². The molecule has 0 aromatic carbocycles. The Balaban J connectivity index is 1.82. The van der Waals surface area contributed by atoms with Crippen LogP contribution in [0.1, 0.15) is 30.2 Å². The molecule has 0 amide bonds. The number of rotatable bonds is 3. The quantitative estimate of drug-likeness (QED) is 0.787. The summed E-state index contributed by atoms with van der Waals surface area (Å²) in [6.45, 7) is 2.04. The van der Waals surface area contributed by atoms with Gasteiger partial charge in [-0.3, -0.25) is 0 Å². The lowest BCUT2D eigenvalue weighted by Gasteiger charge is -2.14. The van der Waals surface area contributed by atoms with Crippen molar-refractivity contribution in [3.05, 3.63) is 23.5 Å². The standard InChI is InChI=1S/C10H15N7/c11-5-8-6-16(15-12-8)7-10-14-13-9-3-1-2-4-17(9)10/h6H,1-5,7,11H2.